The number of rotatable bonds is 5. The number of carbonyl (C=O) groups is 2. The Morgan fingerprint density at radius 1 is 1.20 bits per heavy atom. The zero-order valence-electron chi connectivity index (χ0n) is 14.7. The maximum absolute atomic E-state index is 12.8. The number of aryl methyl sites for hydroxylation is 1. The zero-order chi connectivity index (χ0) is 17.6. The minimum Gasteiger partial charge on any atom is -0.303 e. The van der Waals surface area contributed by atoms with Gasteiger partial charge in [0, 0.05) is 28.6 Å². The predicted molar refractivity (Wildman–Crippen MR) is 95.4 cm³/mol. The van der Waals surface area contributed by atoms with E-state index in [1.54, 1.807) is 17.1 Å². The highest BCUT2D eigenvalue weighted by atomic mass is 16.2. The highest BCUT2D eigenvalue weighted by Crippen LogP contribution is 2.42. The van der Waals surface area contributed by atoms with Gasteiger partial charge in [-0.25, -0.2) is 0 Å². The molecular formula is C21H22N2O2. The number of ketones is 1. The summed E-state index contributed by atoms with van der Waals surface area (Å²) in [4.78, 5) is 31.5. The molecule has 3 aliphatic rings. The van der Waals surface area contributed by atoms with Gasteiger partial charge in [-0.2, -0.15) is 0 Å². The predicted octanol–water partition coefficient (Wildman–Crippen LogP) is 3.50. The fourth-order valence-corrected chi connectivity index (χ4v) is 3.55. The normalized spacial score (nSPS) is 20.0. The van der Waals surface area contributed by atoms with Crippen molar-refractivity contribution in [2.75, 3.05) is 0 Å². The quantitative estimate of drug-likeness (QED) is 0.828. The van der Waals surface area contributed by atoms with Crippen LogP contribution in [0.4, 0.5) is 0 Å². The number of pyridine rings is 1. The number of aromatic nitrogens is 1. The molecule has 1 fully saturated rings. The Labute approximate surface area is 147 Å². The van der Waals surface area contributed by atoms with Crippen molar-refractivity contribution in [1.82, 2.24) is 9.88 Å². The molecular weight excluding hydrogens is 312 g/mol. The smallest absolute Gasteiger partial charge is 0.254 e. The molecule has 1 aliphatic heterocycles. The van der Waals surface area contributed by atoms with Gasteiger partial charge in [-0.3, -0.25) is 14.6 Å². The third-order valence-corrected chi connectivity index (χ3v) is 5.26. The van der Waals surface area contributed by atoms with E-state index >= 15 is 0 Å². The van der Waals surface area contributed by atoms with Gasteiger partial charge in [0.1, 0.15) is 0 Å². The van der Waals surface area contributed by atoms with Gasteiger partial charge in [0.05, 0.1) is 12.2 Å². The first kappa shape index (κ1) is 16.0. The van der Waals surface area contributed by atoms with Gasteiger partial charge in [-0.05, 0) is 62.3 Å². The summed E-state index contributed by atoms with van der Waals surface area (Å²) in [5, 5.41) is 0. The first-order chi connectivity index (χ1) is 12.1. The van der Waals surface area contributed by atoms with E-state index in [0.29, 0.717) is 12.5 Å². The lowest BCUT2D eigenvalue weighted by Gasteiger charge is -2.24. The average molecular weight is 334 g/mol. The number of fused-ring (bicyclic) bond motifs is 1. The topological polar surface area (TPSA) is 50.3 Å². The molecule has 1 amide bonds. The maximum atomic E-state index is 12.8. The van der Waals surface area contributed by atoms with Crippen molar-refractivity contribution < 1.29 is 9.59 Å². The molecule has 25 heavy (non-hydrogen) atoms. The highest BCUT2D eigenvalue weighted by molar-refractivity contribution is 6.11. The molecule has 0 aromatic carbocycles. The van der Waals surface area contributed by atoms with Crippen molar-refractivity contribution in [2.45, 2.75) is 46.1 Å². The summed E-state index contributed by atoms with van der Waals surface area (Å²) < 4.78 is 0. The molecule has 1 aromatic heterocycles. The van der Waals surface area contributed by atoms with E-state index in [1.165, 1.54) is 12.8 Å². The van der Waals surface area contributed by atoms with Gasteiger partial charge in [0.15, 0.2) is 5.78 Å². The molecule has 2 heterocycles. The zero-order valence-corrected chi connectivity index (χ0v) is 14.7. The second-order valence-corrected chi connectivity index (χ2v) is 7.11. The molecule has 0 spiro atoms. The summed E-state index contributed by atoms with van der Waals surface area (Å²) in [5.74, 6) is 0.650. The van der Waals surface area contributed by atoms with Crippen molar-refractivity contribution in [1.29, 1.82) is 0 Å². The van der Waals surface area contributed by atoms with Crippen LogP contribution in [0.15, 0.2) is 52.9 Å². The van der Waals surface area contributed by atoms with Crippen LogP contribution in [0.5, 0.6) is 0 Å². The third kappa shape index (κ3) is 2.86. The van der Waals surface area contributed by atoms with Crippen LogP contribution in [-0.4, -0.2) is 21.6 Å². The van der Waals surface area contributed by atoms with Crippen molar-refractivity contribution in [3.8, 4) is 0 Å². The van der Waals surface area contributed by atoms with Crippen LogP contribution in [0, 0.1) is 5.92 Å². The van der Waals surface area contributed by atoms with Crippen molar-refractivity contribution in [3.05, 3.63) is 64.2 Å². The molecule has 0 bridgehead atoms. The second kappa shape index (κ2) is 6.10. The summed E-state index contributed by atoms with van der Waals surface area (Å²) in [6.45, 7) is 4.38. The molecule has 128 valence electrons. The van der Waals surface area contributed by atoms with Gasteiger partial charge in [-0.1, -0.05) is 13.0 Å². The maximum Gasteiger partial charge on any atom is 0.254 e. The van der Waals surface area contributed by atoms with E-state index < -0.39 is 0 Å². The van der Waals surface area contributed by atoms with Crippen LogP contribution >= 0.6 is 0 Å². The van der Waals surface area contributed by atoms with Crippen LogP contribution in [-0.2, 0) is 22.6 Å². The van der Waals surface area contributed by atoms with Gasteiger partial charge in [0.25, 0.3) is 5.91 Å². The molecule has 0 unspecified atom stereocenters. The molecule has 0 atom stereocenters. The number of hydrogen-bond acceptors (Lipinski definition) is 3. The Morgan fingerprint density at radius 3 is 2.64 bits per heavy atom. The van der Waals surface area contributed by atoms with Crippen LogP contribution < -0.4 is 0 Å². The molecule has 1 aromatic rings. The Kier molecular flexibility index (Phi) is 3.91. The summed E-state index contributed by atoms with van der Waals surface area (Å²) in [6.07, 6.45) is 9.30. The number of hydrogen-bond donors (Lipinski definition) is 0. The van der Waals surface area contributed by atoms with Crippen LogP contribution in [0.2, 0.25) is 0 Å². The molecule has 4 heteroatoms. The fourth-order valence-electron chi connectivity index (χ4n) is 3.55. The summed E-state index contributed by atoms with van der Waals surface area (Å²) in [5.41, 5.74) is 5.31. The van der Waals surface area contributed by atoms with Gasteiger partial charge in [0.2, 0.25) is 0 Å². The second-order valence-electron chi connectivity index (χ2n) is 7.11. The van der Waals surface area contributed by atoms with E-state index in [0.717, 1.165) is 46.5 Å². The van der Waals surface area contributed by atoms with E-state index in [1.807, 2.05) is 25.3 Å². The summed E-state index contributed by atoms with van der Waals surface area (Å²) in [7, 11) is 0. The Balaban J connectivity index is 1.70. The number of carbonyl (C=O) groups excluding carboxylic acids is 2. The first-order valence-electron chi connectivity index (χ1n) is 9.01. The Morgan fingerprint density at radius 2 is 2.00 bits per heavy atom. The molecule has 4 rings (SSSR count). The molecule has 0 saturated heterocycles. The lowest BCUT2D eigenvalue weighted by molar-refractivity contribution is -0.124. The van der Waals surface area contributed by atoms with Gasteiger partial charge in [-0.15, -0.1) is 0 Å². The molecule has 2 aliphatic carbocycles. The van der Waals surface area contributed by atoms with Gasteiger partial charge < -0.3 is 4.90 Å². The minimum absolute atomic E-state index is 0.00258. The Bertz CT molecular complexity index is 839. The lowest BCUT2D eigenvalue weighted by atomic mass is 9.92. The standard InChI is InChI=1S/C21H22N2O2/c1-3-16-7-6-15(11-22-16)12-23-20-17(13(2)21(23)25)8-9-19(24)18(20)10-14-4-5-14/h6-9,11,14H,3-5,10,12H2,1-2H3. The highest BCUT2D eigenvalue weighted by Gasteiger charge is 2.38. The van der Waals surface area contributed by atoms with E-state index in [9.17, 15) is 9.59 Å². The molecule has 4 nitrogen and oxygen atoms in total. The van der Waals surface area contributed by atoms with Crippen molar-refractivity contribution >= 4 is 11.7 Å². The largest absolute Gasteiger partial charge is 0.303 e. The monoisotopic (exact) mass is 334 g/mol. The third-order valence-electron chi connectivity index (χ3n) is 5.26. The molecule has 0 N–H and O–H groups in total. The summed E-state index contributed by atoms with van der Waals surface area (Å²) >= 11 is 0. The van der Waals surface area contributed by atoms with Crippen LogP contribution in [0.3, 0.4) is 0 Å². The minimum atomic E-state index is -0.00258. The van der Waals surface area contributed by atoms with Crippen LogP contribution in [0.1, 0.15) is 44.4 Å². The van der Waals surface area contributed by atoms with Gasteiger partial charge >= 0.3 is 0 Å². The first-order valence-corrected chi connectivity index (χ1v) is 9.01. The van der Waals surface area contributed by atoms with E-state index in [-0.39, 0.29) is 11.7 Å². The van der Waals surface area contributed by atoms with E-state index in [2.05, 4.69) is 11.9 Å². The molecule has 1 saturated carbocycles. The average Bonchev–Trinajstić information content (AvgIpc) is 3.41. The van der Waals surface area contributed by atoms with Crippen LogP contribution in [0.25, 0.3) is 0 Å². The molecule has 0 radical (unpaired) electrons. The number of allylic oxidation sites excluding steroid dienone is 3. The van der Waals surface area contributed by atoms with E-state index in [4.69, 9.17) is 0 Å². The number of amides is 1. The van der Waals surface area contributed by atoms with Crippen molar-refractivity contribution in [2.24, 2.45) is 5.92 Å². The SMILES string of the molecule is CCc1ccc(CN2C(=O)C(C)=C3C=CC(=O)C(CC4CC4)=C32)cn1. The summed E-state index contributed by atoms with van der Waals surface area (Å²) in [6, 6.07) is 4.02. The van der Waals surface area contributed by atoms with Crippen molar-refractivity contribution in [3.63, 3.8) is 0 Å². The Hall–Kier alpha value is -2.49. The lowest BCUT2D eigenvalue weighted by Crippen LogP contribution is -2.28. The number of nitrogens with zero attached hydrogens (tertiary/aromatic N) is 2. The fraction of sp³-hybridized carbons (Fsp3) is 0.381.